The van der Waals surface area contributed by atoms with E-state index in [2.05, 4.69) is 20.6 Å². The van der Waals surface area contributed by atoms with Gasteiger partial charge in [-0.05, 0) is 60.9 Å². The Morgan fingerprint density at radius 1 is 1.06 bits per heavy atom. The molecule has 158 valence electrons. The van der Waals surface area contributed by atoms with Crippen LogP contribution in [0.5, 0.6) is 0 Å². The summed E-state index contributed by atoms with van der Waals surface area (Å²) in [5.74, 6) is -0.360. The van der Waals surface area contributed by atoms with Crippen molar-refractivity contribution >= 4 is 39.8 Å². The fourth-order valence-corrected chi connectivity index (χ4v) is 3.72. The third-order valence-electron chi connectivity index (χ3n) is 5.23. The second kappa shape index (κ2) is 8.66. The number of anilines is 2. The first kappa shape index (κ1) is 21.3. The number of fused-ring (bicyclic) bond motifs is 1. The van der Waals surface area contributed by atoms with Crippen molar-refractivity contribution in [3.63, 3.8) is 0 Å². The van der Waals surface area contributed by atoms with E-state index in [1.807, 2.05) is 62.4 Å². The molecule has 2 heterocycles. The summed E-state index contributed by atoms with van der Waals surface area (Å²) < 4.78 is 0. The van der Waals surface area contributed by atoms with Gasteiger partial charge in [-0.2, -0.15) is 5.26 Å². The second-order valence-corrected chi connectivity index (χ2v) is 7.83. The minimum Gasteiger partial charge on any atom is -0.354 e. The molecule has 6 nitrogen and oxygen atoms in total. The molecule has 7 heteroatoms. The zero-order valence-corrected chi connectivity index (χ0v) is 18.6. The molecule has 1 amide bonds. The van der Waals surface area contributed by atoms with Gasteiger partial charge in [0.2, 0.25) is 0 Å². The van der Waals surface area contributed by atoms with Crippen LogP contribution in [0.15, 0.2) is 54.7 Å². The Balaban J connectivity index is 1.94. The fourth-order valence-electron chi connectivity index (χ4n) is 3.45. The largest absolute Gasteiger partial charge is 0.354 e. The molecule has 2 aromatic heterocycles. The Labute approximate surface area is 190 Å². The highest BCUT2D eigenvalue weighted by Crippen LogP contribution is 2.37. The highest BCUT2D eigenvalue weighted by molar-refractivity contribution is 6.38. The number of carbonyl (C=O) groups excluding carboxylic acids is 1. The molecule has 0 saturated heterocycles. The van der Waals surface area contributed by atoms with Gasteiger partial charge in [-0.25, -0.2) is 9.97 Å². The van der Waals surface area contributed by atoms with Crippen molar-refractivity contribution in [2.75, 3.05) is 12.4 Å². The van der Waals surface area contributed by atoms with E-state index in [0.717, 1.165) is 33.3 Å². The lowest BCUT2D eigenvalue weighted by molar-refractivity contribution is 0.0958. The predicted octanol–water partition coefficient (Wildman–Crippen LogP) is 5.54. The summed E-state index contributed by atoms with van der Waals surface area (Å²) in [4.78, 5) is 21.1. The highest BCUT2D eigenvalue weighted by atomic mass is 35.5. The van der Waals surface area contributed by atoms with E-state index in [4.69, 9.17) is 16.9 Å². The van der Waals surface area contributed by atoms with Crippen molar-refractivity contribution in [3.05, 3.63) is 82.3 Å². The van der Waals surface area contributed by atoms with Gasteiger partial charge < -0.3 is 10.6 Å². The summed E-state index contributed by atoms with van der Waals surface area (Å²) in [5, 5.41) is 16.0. The van der Waals surface area contributed by atoms with Gasteiger partial charge in [0, 0.05) is 29.9 Å². The van der Waals surface area contributed by atoms with Crippen molar-refractivity contribution in [1.29, 1.82) is 5.26 Å². The summed E-state index contributed by atoms with van der Waals surface area (Å²) in [6.07, 6.45) is 1.66. The van der Waals surface area contributed by atoms with E-state index in [0.29, 0.717) is 16.9 Å². The quantitative estimate of drug-likeness (QED) is 0.433. The Hall–Kier alpha value is -3.95. The van der Waals surface area contributed by atoms with Gasteiger partial charge in [-0.3, -0.25) is 4.79 Å². The highest BCUT2D eigenvalue weighted by Gasteiger charge is 2.19. The van der Waals surface area contributed by atoms with E-state index >= 15 is 0 Å². The average Bonchev–Trinajstić information content (AvgIpc) is 2.82. The number of nitrogens with zero attached hydrogens (tertiary/aromatic N) is 3. The van der Waals surface area contributed by atoms with E-state index in [9.17, 15) is 4.79 Å². The lowest BCUT2D eigenvalue weighted by Crippen LogP contribution is -2.20. The number of pyridine rings is 2. The third kappa shape index (κ3) is 3.98. The van der Waals surface area contributed by atoms with Crippen LogP contribution in [0, 0.1) is 25.2 Å². The summed E-state index contributed by atoms with van der Waals surface area (Å²) >= 11 is 6.71. The monoisotopic (exact) mass is 441 g/mol. The molecule has 0 aliphatic rings. The number of hydrogen-bond donors (Lipinski definition) is 2. The van der Waals surface area contributed by atoms with Gasteiger partial charge in [0.05, 0.1) is 16.2 Å². The predicted molar refractivity (Wildman–Crippen MR) is 127 cm³/mol. The van der Waals surface area contributed by atoms with Crippen LogP contribution in [0.2, 0.25) is 5.02 Å². The Morgan fingerprint density at radius 3 is 2.53 bits per heavy atom. The molecule has 0 radical (unpaired) electrons. The molecule has 4 aromatic rings. The zero-order valence-electron chi connectivity index (χ0n) is 17.8. The van der Waals surface area contributed by atoms with Gasteiger partial charge in [0.15, 0.2) is 0 Å². The topological polar surface area (TPSA) is 90.7 Å². The van der Waals surface area contributed by atoms with Gasteiger partial charge in [0.25, 0.3) is 5.91 Å². The van der Waals surface area contributed by atoms with Crippen molar-refractivity contribution in [1.82, 2.24) is 15.3 Å². The maximum atomic E-state index is 12.4. The van der Waals surface area contributed by atoms with E-state index < -0.39 is 0 Å². The Bertz CT molecular complexity index is 1390. The summed E-state index contributed by atoms with van der Waals surface area (Å²) in [6, 6.07) is 17.4. The number of amides is 1. The Kier molecular flexibility index (Phi) is 5.76. The normalized spacial score (nSPS) is 10.6. The van der Waals surface area contributed by atoms with Crippen LogP contribution in [0.1, 0.15) is 27.3 Å². The van der Waals surface area contributed by atoms with Crippen LogP contribution in [-0.2, 0) is 0 Å². The number of halogens is 1. The van der Waals surface area contributed by atoms with Crippen LogP contribution < -0.4 is 10.6 Å². The van der Waals surface area contributed by atoms with Gasteiger partial charge in [0.1, 0.15) is 17.5 Å². The number of hydrogen-bond acceptors (Lipinski definition) is 5. The minimum absolute atomic E-state index is 0.155. The molecule has 0 aliphatic heterocycles. The molecule has 0 fully saturated rings. The van der Waals surface area contributed by atoms with Gasteiger partial charge in [-0.1, -0.05) is 29.8 Å². The molecule has 2 aromatic carbocycles. The molecule has 32 heavy (non-hydrogen) atoms. The molecule has 0 bridgehead atoms. The van der Waals surface area contributed by atoms with Gasteiger partial charge in [-0.15, -0.1) is 0 Å². The maximum Gasteiger partial charge on any atom is 0.271 e. The number of carbonyl (C=O) groups is 1. The summed E-state index contributed by atoms with van der Waals surface area (Å²) in [5.41, 5.74) is 6.54. The van der Waals surface area contributed by atoms with Crippen LogP contribution in [0.25, 0.3) is 22.0 Å². The second-order valence-electron chi connectivity index (χ2n) is 7.45. The smallest absolute Gasteiger partial charge is 0.271 e. The first-order valence-corrected chi connectivity index (χ1v) is 10.3. The maximum absolute atomic E-state index is 12.4. The molecule has 0 unspecified atom stereocenters. The summed E-state index contributed by atoms with van der Waals surface area (Å²) in [6.45, 7) is 4.02. The van der Waals surface area contributed by atoms with Crippen molar-refractivity contribution in [3.8, 4) is 17.2 Å². The summed E-state index contributed by atoms with van der Waals surface area (Å²) in [7, 11) is 1.54. The minimum atomic E-state index is -0.360. The third-order valence-corrected chi connectivity index (χ3v) is 5.60. The number of rotatable bonds is 4. The number of aromatic nitrogens is 2. The van der Waals surface area contributed by atoms with Crippen LogP contribution in [0.3, 0.4) is 0 Å². The molecule has 0 saturated carbocycles. The van der Waals surface area contributed by atoms with Crippen molar-refractivity contribution in [2.45, 2.75) is 13.8 Å². The van der Waals surface area contributed by atoms with Crippen molar-refractivity contribution in [2.24, 2.45) is 0 Å². The van der Waals surface area contributed by atoms with E-state index in [1.165, 1.54) is 0 Å². The molecule has 4 rings (SSSR count). The lowest BCUT2D eigenvalue weighted by atomic mass is 10.0. The molecule has 2 N–H and O–H groups in total. The standard InChI is InChI=1S/C25H20ClN5O/c1-14-4-5-15(2)21(10-14)31-23-19-11-16(17-6-8-18(12-27)29-13-17)7-9-20(19)30-24(22(23)26)25(32)28-3/h4-11,13H,1-3H3,(H,28,32)(H,30,31). The van der Waals surface area contributed by atoms with Gasteiger partial charge >= 0.3 is 0 Å². The number of aryl methyl sites for hydroxylation is 2. The van der Waals surface area contributed by atoms with Crippen molar-refractivity contribution < 1.29 is 4.79 Å². The van der Waals surface area contributed by atoms with Crippen LogP contribution >= 0.6 is 11.6 Å². The first-order chi connectivity index (χ1) is 15.4. The molecule has 0 spiro atoms. The van der Waals surface area contributed by atoms with E-state index in [1.54, 1.807) is 19.3 Å². The lowest BCUT2D eigenvalue weighted by Gasteiger charge is -2.17. The van der Waals surface area contributed by atoms with Crippen LogP contribution in [0.4, 0.5) is 11.4 Å². The number of benzene rings is 2. The molecular formula is C25H20ClN5O. The first-order valence-electron chi connectivity index (χ1n) is 9.97. The average molecular weight is 442 g/mol. The van der Waals surface area contributed by atoms with Crippen LogP contribution in [-0.4, -0.2) is 22.9 Å². The molecular weight excluding hydrogens is 422 g/mol. The zero-order chi connectivity index (χ0) is 22.8. The Morgan fingerprint density at radius 2 is 1.84 bits per heavy atom. The number of nitrogens with one attached hydrogen (secondary N) is 2. The fraction of sp³-hybridized carbons (Fsp3) is 0.120. The SMILES string of the molecule is CNC(=O)c1nc2ccc(-c3ccc(C#N)nc3)cc2c(Nc2cc(C)ccc2C)c1Cl. The molecule has 0 atom stereocenters. The van der Waals surface area contributed by atoms with E-state index in [-0.39, 0.29) is 16.6 Å². The molecule has 0 aliphatic carbocycles. The number of nitriles is 1.